The Morgan fingerprint density at radius 1 is 1.22 bits per heavy atom. The van der Waals surface area contributed by atoms with Crippen molar-refractivity contribution in [2.45, 2.75) is 38.8 Å². The second kappa shape index (κ2) is 5.42. The third-order valence-electron chi connectivity index (χ3n) is 3.34. The maximum absolute atomic E-state index is 12.3. The van der Waals surface area contributed by atoms with E-state index in [0.717, 1.165) is 18.8 Å². The summed E-state index contributed by atoms with van der Waals surface area (Å²) in [5, 5.41) is 9.01. The summed E-state index contributed by atoms with van der Waals surface area (Å²) in [6, 6.07) is 0. The average Bonchev–Trinajstić information content (AvgIpc) is 2.77. The molecule has 102 valence electrons. The average molecular weight is 279 g/mol. The van der Waals surface area contributed by atoms with E-state index in [9.17, 15) is 13.2 Å². The van der Waals surface area contributed by atoms with Crippen molar-refractivity contribution in [1.29, 1.82) is 0 Å². The Labute approximate surface area is 108 Å². The lowest BCUT2D eigenvalue weighted by Crippen LogP contribution is -2.20. The van der Waals surface area contributed by atoms with Crippen LogP contribution in [0.15, 0.2) is 0 Å². The smallest absolute Gasteiger partial charge is 0.360 e. The van der Waals surface area contributed by atoms with Gasteiger partial charge in [-0.2, -0.15) is 13.2 Å². The van der Waals surface area contributed by atoms with Crippen molar-refractivity contribution in [3.8, 4) is 0 Å². The van der Waals surface area contributed by atoms with Crippen LogP contribution in [0.2, 0.25) is 0 Å². The summed E-state index contributed by atoms with van der Waals surface area (Å²) in [4.78, 5) is 0. The normalized spacial score (nSPS) is 25.1. The molecule has 7 heteroatoms. The van der Waals surface area contributed by atoms with Gasteiger partial charge in [-0.05, 0) is 24.7 Å². The number of nitrogens with one attached hydrogen (secondary N) is 1. The quantitative estimate of drug-likeness (QED) is 0.914. The van der Waals surface area contributed by atoms with Gasteiger partial charge >= 0.3 is 6.18 Å². The van der Waals surface area contributed by atoms with Gasteiger partial charge in [-0.3, -0.25) is 0 Å². The van der Waals surface area contributed by atoms with Gasteiger partial charge in [0, 0.05) is 6.54 Å². The molecule has 1 aromatic rings. The molecule has 0 amide bonds. The fourth-order valence-electron chi connectivity index (χ4n) is 2.17. The summed E-state index contributed by atoms with van der Waals surface area (Å²) in [7, 11) is 0. The monoisotopic (exact) mass is 279 g/mol. The topological polar surface area (TPSA) is 37.8 Å². The van der Waals surface area contributed by atoms with Gasteiger partial charge in [0.05, 0.1) is 0 Å². The standard InChI is InChI=1S/C11H16F3N3S/c1-7-2-4-8(5-3-7)6-15-10-17-16-9(18-10)11(12,13)14/h7-8H,2-6H2,1H3,(H,15,17). The Kier molecular flexibility index (Phi) is 4.09. The van der Waals surface area contributed by atoms with Crippen LogP contribution in [0.5, 0.6) is 0 Å². The number of nitrogens with zero attached hydrogens (tertiary/aromatic N) is 2. The fourth-order valence-corrected chi connectivity index (χ4v) is 2.79. The van der Waals surface area contributed by atoms with E-state index in [1.54, 1.807) is 0 Å². The minimum absolute atomic E-state index is 0.265. The zero-order valence-corrected chi connectivity index (χ0v) is 10.9. The first-order valence-corrected chi connectivity index (χ1v) is 6.91. The van der Waals surface area contributed by atoms with Crippen LogP contribution in [0.3, 0.4) is 0 Å². The van der Waals surface area contributed by atoms with E-state index < -0.39 is 11.2 Å². The zero-order valence-electron chi connectivity index (χ0n) is 10.1. The summed E-state index contributed by atoms with van der Waals surface area (Å²) in [5.74, 6) is 1.32. The van der Waals surface area contributed by atoms with Crippen molar-refractivity contribution in [3.05, 3.63) is 5.01 Å². The Morgan fingerprint density at radius 2 is 1.89 bits per heavy atom. The molecule has 0 aromatic carbocycles. The van der Waals surface area contributed by atoms with Gasteiger partial charge in [-0.15, -0.1) is 10.2 Å². The second-order valence-electron chi connectivity index (χ2n) is 4.92. The van der Waals surface area contributed by atoms with Crippen LogP contribution < -0.4 is 5.32 Å². The van der Waals surface area contributed by atoms with Crippen LogP contribution in [0, 0.1) is 11.8 Å². The largest absolute Gasteiger partial charge is 0.445 e. The van der Waals surface area contributed by atoms with Crippen molar-refractivity contribution in [3.63, 3.8) is 0 Å². The molecule has 1 N–H and O–H groups in total. The molecule has 1 heterocycles. The van der Waals surface area contributed by atoms with Crippen molar-refractivity contribution in [2.75, 3.05) is 11.9 Å². The molecule has 1 aliphatic rings. The summed E-state index contributed by atoms with van der Waals surface area (Å²) in [5.41, 5.74) is 0. The van der Waals surface area contributed by atoms with Crippen molar-refractivity contribution in [2.24, 2.45) is 11.8 Å². The van der Waals surface area contributed by atoms with Gasteiger partial charge in [-0.1, -0.05) is 31.1 Å². The number of hydrogen-bond acceptors (Lipinski definition) is 4. The van der Waals surface area contributed by atoms with E-state index in [-0.39, 0.29) is 5.13 Å². The predicted molar refractivity (Wildman–Crippen MR) is 64.5 cm³/mol. The lowest BCUT2D eigenvalue weighted by Gasteiger charge is -2.25. The maximum atomic E-state index is 12.3. The van der Waals surface area contributed by atoms with Gasteiger partial charge in [0.1, 0.15) is 0 Å². The summed E-state index contributed by atoms with van der Waals surface area (Å²) < 4.78 is 37.0. The number of hydrogen-bond donors (Lipinski definition) is 1. The van der Waals surface area contributed by atoms with E-state index in [2.05, 4.69) is 22.4 Å². The molecule has 0 radical (unpaired) electrons. The van der Waals surface area contributed by atoms with E-state index >= 15 is 0 Å². The second-order valence-corrected chi connectivity index (χ2v) is 5.89. The van der Waals surface area contributed by atoms with Crippen LogP contribution in [0.25, 0.3) is 0 Å². The number of halogens is 3. The summed E-state index contributed by atoms with van der Waals surface area (Å²) in [6.07, 6.45) is 0.294. The van der Waals surface area contributed by atoms with Crippen LogP contribution >= 0.6 is 11.3 Å². The minimum atomic E-state index is -4.39. The Morgan fingerprint density at radius 3 is 2.44 bits per heavy atom. The minimum Gasteiger partial charge on any atom is -0.360 e. The molecular formula is C11H16F3N3S. The number of alkyl halides is 3. The number of aromatic nitrogens is 2. The van der Waals surface area contributed by atoms with Crippen LogP contribution in [-0.4, -0.2) is 16.7 Å². The zero-order chi connectivity index (χ0) is 13.2. The third-order valence-corrected chi connectivity index (χ3v) is 4.27. The summed E-state index contributed by atoms with van der Waals surface area (Å²) in [6.45, 7) is 2.93. The molecule has 0 bridgehead atoms. The molecule has 2 rings (SSSR count). The SMILES string of the molecule is CC1CCC(CNc2nnc(C(F)(F)F)s2)CC1. The molecule has 0 aliphatic heterocycles. The van der Waals surface area contributed by atoms with Crippen LogP contribution in [0.4, 0.5) is 18.3 Å². The van der Waals surface area contributed by atoms with Gasteiger partial charge < -0.3 is 5.32 Å². The molecule has 3 nitrogen and oxygen atoms in total. The highest BCUT2D eigenvalue weighted by Gasteiger charge is 2.35. The van der Waals surface area contributed by atoms with E-state index in [0.29, 0.717) is 23.8 Å². The first kappa shape index (κ1) is 13.6. The van der Waals surface area contributed by atoms with Gasteiger partial charge in [-0.25, -0.2) is 0 Å². The molecule has 0 spiro atoms. The number of rotatable bonds is 3. The lowest BCUT2D eigenvalue weighted by molar-refractivity contribution is -0.138. The highest BCUT2D eigenvalue weighted by atomic mass is 32.1. The third kappa shape index (κ3) is 3.57. The Balaban J connectivity index is 1.82. The molecule has 0 saturated heterocycles. The molecule has 1 aromatic heterocycles. The van der Waals surface area contributed by atoms with Crippen molar-refractivity contribution < 1.29 is 13.2 Å². The molecule has 1 aliphatic carbocycles. The molecule has 0 unspecified atom stereocenters. The van der Waals surface area contributed by atoms with Crippen LogP contribution in [0.1, 0.15) is 37.6 Å². The molecule has 18 heavy (non-hydrogen) atoms. The molecule has 1 saturated carbocycles. The highest BCUT2D eigenvalue weighted by Crippen LogP contribution is 2.33. The van der Waals surface area contributed by atoms with Crippen LogP contribution in [-0.2, 0) is 6.18 Å². The first-order valence-electron chi connectivity index (χ1n) is 6.09. The number of anilines is 1. The van der Waals surface area contributed by atoms with Gasteiger partial charge in [0.25, 0.3) is 0 Å². The van der Waals surface area contributed by atoms with E-state index in [1.165, 1.54) is 12.8 Å². The Bertz CT molecular complexity index is 383. The van der Waals surface area contributed by atoms with E-state index in [1.807, 2.05) is 0 Å². The first-order chi connectivity index (χ1) is 8.45. The van der Waals surface area contributed by atoms with Crippen molar-refractivity contribution in [1.82, 2.24) is 10.2 Å². The van der Waals surface area contributed by atoms with Gasteiger partial charge in [0.2, 0.25) is 10.1 Å². The Hall–Kier alpha value is -0.850. The molecule has 1 fully saturated rings. The molecule has 0 atom stereocenters. The van der Waals surface area contributed by atoms with Crippen molar-refractivity contribution >= 4 is 16.5 Å². The summed E-state index contributed by atoms with van der Waals surface area (Å²) >= 11 is 0.571. The van der Waals surface area contributed by atoms with E-state index in [4.69, 9.17) is 0 Å². The predicted octanol–water partition coefficient (Wildman–Crippen LogP) is 3.80. The lowest BCUT2D eigenvalue weighted by atomic mass is 9.83. The fraction of sp³-hybridized carbons (Fsp3) is 0.818. The van der Waals surface area contributed by atoms with Gasteiger partial charge in [0.15, 0.2) is 0 Å². The molecular weight excluding hydrogens is 263 g/mol. The maximum Gasteiger partial charge on any atom is 0.445 e. The highest BCUT2D eigenvalue weighted by molar-refractivity contribution is 7.15.